The van der Waals surface area contributed by atoms with Gasteiger partial charge in [-0.1, -0.05) is 6.07 Å². The van der Waals surface area contributed by atoms with Gasteiger partial charge in [-0.3, -0.25) is 4.79 Å². The van der Waals surface area contributed by atoms with E-state index in [0.29, 0.717) is 18.7 Å². The second-order valence-electron chi connectivity index (χ2n) is 5.54. The van der Waals surface area contributed by atoms with Crippen LogP contribution in [0.5, 0.6) is 0 Å². The van der Waals surface area contributed by atoms with E-state index < -0.39 is 23.4 Å². The summed E-state index contributed by atoms with van der Waals surface area (Å²) in [4.78, 5) is 13.9. The third kappa shape index (κ3) is 2.88. The van der Waals surface area contributed by atoms with Gasteiger partial charge in [0.05, 0.1) is 16.9 Å². The maximum absolute atomic E-state index is 14.2. The van der Waals surface area contributed by atoms with E-state index in [1.807, 2.05) is 0 Å². The Kier molecular flexibility index (Phi) is 3.98. The van der Waals surface area contributed by atoms with Crippen molar-refractivity contribution in [3.05, 3.63) is 58.9 Å². The minimum absolute atomic E-state index is 0.0106. The molecule has 1 aliphatic heterocycles. The fraction of sp³-hybridized carbons (Fsp3) is 0.235. The van der Waals surface area contributed by atoms with Crippen LogP contribution in [0.1, 0.15) is 22.3 Å². The highest BCUT2D eigenvalue weighted by atomic mass is 19.2. The number of halogens is 3. The van der Waals surface area contributed by atoms with E-state index in [0.717, 1.165) is 12.5 Å². The topological polar surface area (TPSA) is 32.3 Å². The highest BCUT2D eigenvalue weighted by Crippen LogP contribution is 2.29. The largest absolute Gasteiger partial charge is 0.350 e. The molecule has 3 nitrogen and oxygen atoms in total. The van der Waals surface area contributed by atoms with E-state index in [4.69, 9.17) is 0 Å². The van der Waals surface area contributed by atoms with Gasteiger partial charge in [-0.15, -0.1) is 0 Å². The summed E-state index contributed by atoms with van der Waals surface area (Å²) in [5, 5.41) is 2.52. The van der Waals surface area contributed by atoms with E-state index >= 15 is 0 Å². The van der Waals surface area contributed by atoms with Crippen molar-refractivity contribution in [1.82, 2.24) is 4.90 Å². The Morgan fingerprint density at radius 1 is 1.09 bits per heavy atom. The Morgan fingerprint density at radius 2 is 1.83 bits per heavy atom. The number of nitrogens with one attached hydrogen (secondary N) is 1. The minimum Gasteiger partial charge on any atom is -0.350 e. The highest BCUT2D eigenvalue weighted by molar-refractivity contribution is 6.00. The summed E-state index contributed by atoms with van der Waals surface area (Å²) in [6, 6.07) is 6.45. The van der Waals surface area contributed by atoms with Gasteiger partial charge in [0.25, 0.3) is 5.91 Å². The number of carbonyl (C=O) groups excluding carboxylic acids is 1. The van der Waals surface area contributed by atoms with Crippen LogP contribution < -0.4 is 5.32 Å². The second-order valence-corrected chi connectivity index (χ2v) is 5.54. The Bertz CT molecular complexity index is 773. The van der Waals surface area contributed by atoms with Crippen LogP contribution in [0.2, 0.25) is 0 Å². The molecule has 6 heteroatoms. The van der Waals surface area contributed by atoms with Gasteiger partial charge in [0.2, 0.25) is 0 Å². The van der Waals surface area contributed by atoms with Gasteiger partial charge in [-0.2, -0.15) is 0 Å². The maximum atomic E-state index is 14.2. The van der Waals surface area contributed by atoms with Crippen LogP contribution in [0, 0.1) is 24.4 Å². The zero-order chi connectivity index (χ0) is 16.6. The first-order chi connectivity index (χ1) is 11.0. The number of amides is 1. The number of likely N-dealkylation sites (tertiary alicyclic amines) is 1. The Hall–Kier alpha value is -2.50. The van der Waals surface area contributed by atoms with E-state index in [9.17, 15) is 18.0 Å². The number of nitrogens with zero attached hydrogens (tertiary/aromatic N) is 1. The Balaban J connectivity index is 2.02. The Labute approximate surface area is 131 Å². The summed E-state index contributed by atoms with van der Waals surface area (Å²) < 4.78 is 41.7. The molecular formula is C17H15F3N2O. The van der Waals surface area contributed by atoms with Crippen molar-refractivity contribution in [3.8, 4) is 0 Å². The van der Waals surface area contributed by atoms with Crippen LogP contribution in [0.4, 0.5) is 24.5 Å². The van der Waals surface area contributed by atoms with Crippen molar-refractivity contribution in [2.75, 3.05) is 18.4 Å². The monoisotopic (exact) mass is 320 g/mol. The molecule has 0 aliphatic carbocycles. The fourth-order valence-corrected chi connectivity index (χ4v) is 2.40. The smallest absolute Gasteiger partial charge is 0.256 e. The van der Waals surface area contributed by atoms with Crippen molar-refractivity contribution < 1.29 is 18.0 Å². The first kappa shape index (κ1) is 15.4. The molecule has 0 unspecified atom stereocenters. The number of hydrogen-bond donors (Lipinski definition) is 1. The van der Waals surface area contributed by atoms with Gasteiger partial charge in [-0.25, -0.2) is 13.2 Å². The molecule has 0 spiro atoms. The van der Waals surface area contributed by atoms with Crippen LogP contribution in [0.15, 0.2) is 30.3 Å². The minimum atomic E-state index is -1.20. The lowest BCUT2D eigenvalue weighted by Gasteiger charge is -2.31. The number of hydrogen-bond acceptors (Lipinski definition) is 2. The predicted octanol–water partition coefficient (Wildman–Crippen LogP) is 4.00. The quantitative estimate of drug-likeness (QED) is 0.927. The second kappa shape index (κ2) is 5.95. The van der Waals surface area contributed by atoms with Crippen LogP contribution in [0.25, 0.3) is 0 Å². The molecule has 1 fully saturated rings. The molecule has 1 amide bonds. The molecule has 1 aliphatic rings. The number of anilines is 2. The standard InChI is InChI=1S/C17H15F3N2O/c1-10-3-6-14(13(19)9-10)21-16-11(4-5-12(18)15(16)20)17(23)22-7-2-8-22/h3-6,9,21H,2,7-8H2,1H3. The van der Waals surface area contributed by atoms with Crippen molar-refractivity contribution in [3.63, 3.8) is 0 Å². The molecule has 3 rings (SSSR count). The highest BCUT2D eigenvalue weighted by Gasteiger charge is 2.26. The number of benzene rings is 2. The summed E-state index contributed by atoms with van der Waals surface area (Å²) in [5.74, 6) is -3.29. The van der Waals surface area contributed by atoms with Gasteiger partial charge >= 0.3 is 0 Å². The van der Waals surface area contributed by atoms with E-state index in [1.165, 1.54) is 23.1 Å². The summed E-state index contributed by atoms with van der Waals surface area (Å²) in [5.41, 5.74) is 0.329. The van der Waals surface area contributed by atoms with E-state index in [2.05, 4.69) is 5.32 Å². The SMILES string of the molecule is Cc1ccc(Nc2c(C(=O)N3CCC3)ccc(F)c2F)c(F)c1. The average Bonchev–Trinajstić information content (AvgIpc) is 2.44. The lowest BCUT2D eigenvalue weighted by Crippen LogP contribution is -2.42. The van der Waals surface area contributed by atoms with Crippen LogP contribution >= 0.6 is 0 Å². The van der Waals surface area contributed by atoms with Crippen molar-refractivity contribution in [1.29, 1.82) is 0 Å². The molecule has 0 aromatic heterocycles. The van der Waals surface area contributed by atoms with Gasteiger partial charge in [0.1, 0.15) is 5.82 Å². The third-order valence-corrected chi connectivity index (χ3v) is 3.85. The van der Waals surface area contributed by atoms with Crippen molar-refractivity contribution in [2.45, 2.75) is 13.3 Å². The summed E-state index contributed by atoms with van der Waals surface area (Å²) in [6.45, 7) is 2.88. The molecule has 23 heavy (non-hydrogen) atoms. The average molecular weight is 320 g/mol. The number of rotatable bonds is 3. The van der Waals surface area contributed by atoms with E-state index in [-0.39, 0.29) is 16.9 Å². The maximum Gasteiger partial charge on any atom is 0.256 e. The summed E-state index contributed by atoms with van der Waals surface area (Å²) >= 11 is 0. The number of carbonyl (C=O) groups is 1. The lowest BCUT2D eigenvalue weighted by molar-refractivity contribution is 0.0652. The fourth-order valence-electron chi connectivity index (χ4n) is 2.40. The van der Waals surface area contributed by atoms with Gasteiger partial charge in [-0.05, 0) is 43.2 Å². The normalized spacial score (nSPS) is 13.7. The van der Waals surface area contributed by atoms with Crippen molar-refractivity contribution in [2.24, 2.45) is 0 Å². The molecular weight excluding hydrogens is 305 g/mol. The first-order valence-electron chi connectivity index (χ1n) is 7.28. The summed E-state index contributed by atoms with van der Waals surface area (Å²) in [6.07, 6.45) is 0.880. The predicted molar refractivity (Wildman–Crippen MR) is 81.3 cm³/mol. The van der Waals surface area contributed by atoms with Gasteiger partial charge in [0.15, 0.2) is 11.6 Å². The van der Waals surface area contributed by atoms with Crippen molar-refractivity contribution >= 4 is 17.3 Å². The van der Waals surface area contributed by atoms with Gasteiger partial charge in [0, 0.05) is 13.1 Å². The zero-order valence-electron chi connectivity index (χ0n) is 12.5. The third-order valence-electron chi connectivity index (χ3n) is 3.85. The van der Waals surface area contributed by atoms with Crippen LogP contribution in [-0.4, -0.2) is 23.9 Å². The molecule has 120 valence electrons. The summed E-state index contributed by atoms with van der Waals surface area (Å²) in [7, 11) is 0. The Morgan fingerprint density at radius 3 is 2.43 bits per heavy atom. The zero-order valence-corrected chi connectivity index (χ0v) is 12.5. The molecule has 1 saturated heterocycles. The molecule has 0 saturated carbocycles. The molecule has 0 bridgehead atoms. The first-order valence-corrected chi connectivity index (χ1v) is 7.28. The molecule has 1 N–H and O–H groups in total. The molecule has 2 aromatic rings. The van der Waals surface area contributed by atoms with Crippen LogP contribution in [-0.2, 0) is 0 Å². The molecule has 0 radical (unpaired) electrons. The van der Waals surface area contributed by atoms with E-state index in [1.54, 1.807) is 13.0 Å². The van der Waals surface area contributed by atoms with Gasteiger partial charge < -0.3 is 10.2 Å². The van der Waals surface area contributed by atoms with Crippen LogP contribution in [0.3, 0.4) is 0 Å². The molecule has 1 heterocycles. The lowest BCUT2D eigenvalue weighted by atomic mass is 10.1. The molecule has 0 atom stereocenters. The number of aryl methyl sites for hydroxylation is 1. The molecule has 2 aromatic carbocycles.